The van der Waals surface area contributed by atoms with Crippen LogP contribution in [-0.4, -0.2) is 28.7 Å². The molecule has 1 aromatic rings. The lowest BCUT2D eigenvalue weighted by atomic mass is 10.3. The van der Waals surface area contributed by atoms with Crippen LogP contribution in [0.3, 0.4) is 0 Å². The fourth-order valence-electron chi connectivity index (χ4n) is 1.13. The first-order valence-electron chi connectivity index (χ1n) is 5.15. The maximum Gasteiger partial charge on any atom is 0.271 e. The molecule has 92 valence electrons. The van der Waals surface area contributed by atoms with Gasteiger partial charge in [-0.3, -0.25) is 4.79 Å². The van der Waals surface area contributed by atoms with E-state index in [-0.39, 0.29) is 16.6 Å². The minimum Gasteiger partial charge on any atom is -0.350 e. The molecule has 0 spiro atoms. The third kappa shape index (κ3) is 4.36. The average molecular weight is 272 g/mol. The van der Waals surface area contributed by atoms with Crippen molar-refractivity contribution >= 4 is 29.3 Å². The predicted octanol–water partition coefficient (Wildman–Crippen LogP) is 2.55. The van der Waals surface area contributed by atoms with Crippen molar-refractivity contribution in [2.24, 2.45) is 0 Å². The van der Waals surface area contributed by atoms with Crippen molar-refractivity contribution in [3.8, 4) is 0 Å². The molecule has 0 aromatic carbocycles. The van der Waals surface area contributed by atoms with Crippen LogP contribution in [0.5, 0.6) is 0 Å². The van der Waals surface area contributed by atoms with Gasteiger partial charge in [-0.05, 0) is 19.6 Å². The van der Waals surface area contributed by atoms with Crippen LogP contribution in [-0.2, 0) is 0 Å². The van der Waals surface area contributed by atoms with Gasteiger partial charge in [0, 0.05) is 6.54 Å². The van der Waals surface area contributed by atoms with Crippen molar-refractivity contribution in [2.45, 2.75) is 18.5 Å². The standard InChI is InChI=1S/C11H14ClN3OS/c1-3-4-5-6-13-10(16)9-8(12)7-14-11(15-9)17-2/h3-4,7H,5-6H2,1-2H3,(H,13,16)/b4-3+. The number of rotatable bonds is 5. The zero-order valence-corrected chi connectivity index (χ0v) is 11.3. The molecule has 4 nitrogen and oxygen atoms in total. The van der Waals surface area contributed by atoms with Gasteiger partial charge >= 0.3 is 0 Å². The van der Waals surface area contributed by atoms with Crippen molar-refractivity contribution < 1.29 is 4.79 Å². The van der Waals surface area contributed by atoms with Gasteiger partial charge in [0.05, 0.1) is 11.2 Å². The number of thioether (sulfide) groups is 1. The Kier molecular flexibility index (Phi) is 6.00. The first-order valence-corrected chi connectivity index (χ1v) is 6.75. The summed E-state index contributed by atoms with van der Waals surface area (Å²) in [5.41, 5.74) is 0.228. The summed E-state index contributed by atoms with van der Waals surface area (Å²) in [6.45, 7) is 2.51. The molecule has 0 bridgehead atoms. The predicted molar refractivity (Wildman–Crippen MR) is 70.6 cm³/mol. The minimum absolute atomic E-state index is 0.228. The molecule has 0 unspecified atom stereocenters. The van der Waals surface area contributed by atoms with Crippen LogP contribution in [0.15, 0.2) is 23.5 Å². The zero-order chi connectivity index (χ0) is 12.7. The molecule has 0 aliphatic rings. The Labute approximate surface area is 110 Å². The average Bonchev–Trinajstić information content (AvgIpc) is 2.35. The minimum atomic E-state index is -0.266. The molecule has 1 amide bonds. The summed E-state index contributed by atoms with van der Waals surface area (Å²) in [5.74, 6) is -0.266. The highest BCUT2D eigenvalue weighted by Crippen LogP contribution is 2.16. The molecule has 1 heterocycles. The van der Waals surface area contributed by atoms with Crippen molar-refractivity contribution in [1.29, 1.82) is 0 Å². The number of hydrogen-bond donors (Lipinski definition) is 1. The van der Waals surface area contributed by atoms with E-state index in [1.54, 1.807) is 0 Å². The summed E-state index contributed by atoms with van der Waals surface area (Å²) in [5, 5.41) is 3.56. The summed E-state index contributed by atoms with van der Waals surface area (Å²) in [6.07, 6.45) is 8.00. The normalized spacial score (nSPS) is 10.8. The first kappa shape index (κ1) is 14.0. The highest BCUT2D eigenvalue weighted by atomic mass is 35.5. The fourth-order valence-corrected chi connectivity index (χ4v) is 1.65. The van der Waals surface area contributed by atoms with Gasteiger partial charge in [0.25, 0.3) is 5.91 Å². The van der Waals surface area contributed by atoms with E-state index < -0.39 is 0 Å². The van der Waals surface area contributed by atoms with Gasteiger partial charge in [-0.15, -0.1) is 0 Å². The molecule has 1 aromatic heterocycles. The number of aromatic nitrogens is 2. The van der Waals surface area contributed by atoms with E-state index in [9.17, 15) is 4.79 Å². The molecular formula is C11H14ClN3OS. The quantitative estimate of drug-likeness (QED) is 0.387. The van der Waals surface area contributed by atoms with Crippen LogP contribution in [0.1, 0.15) is 23.8 Å². The number of nitrogens with one attached hydrogen (secondary N) is 1. The van der Waals surface area contributed by atoms with E-state index in [4.69, 9.17) is 11.6 Å². The van der Waals surface area contributed by atoms with Crippen LogP contribution in [0, 0.1) is 0 Å². The molecule has 0 saturated carbocycles. The monoisotopic (exact) mass is 271 g/mol. The molecule has 0 saturated heterocycles. The van der Waals surface area contributed by atoms with Crippen molar-refractivity contribution in [3.63, 3.8) is 0 Å². The molecule has 0 radical (unpaired) electrons. The Morgan fingerprint density at radius 3 is 3.06 bits per heavy atom. The van der Waals surface area contributed by atoms with Gasteiger partial charge in [0.2, 0.25) is 0 Å². The third-order valence-corrected chi connectivity index (χ3v) is 2.79. The summed E-state index contributed by atoms with van der Waals surface area (Å²) in [7, 11) is 0. The molecular weight excluding hydrogens is 258 g/mol. The molecule has 0 fully saturated rings. The SMILES string of the molecule is C/C=C/CCNC(=O)c1nc(SC)ncc1Cl. The first-order chi connectivity index (χ1) is 8.19. The van der Waals surface area contributed by atoms with Crippen LogP contribution in [0.25, 0.3) is 0 Å². The summed E-state index contributed by atoms with van der Waals surface area (Å²) in [6, 6.07) is 0. The number of allylic oxidation sites excluding steroid dienone is 1. The maximum atomic E-state index is 11.8. The van der Waals surface area contributed by atoms with E-state index >= 15 is 0 Å². The van der Waals surface area contributed by atoms with Gasteiger partial charge in [-0.25, -0.2) is 9.97 Å². The highest BCUT2D eigenvalue weighted by molar-refractivity contribution is 7.98. The van der Waals surface area contributed by atoms with Crippen LogP contribution in [0.4, 0.5) is 0 Å². The largest absolute Gasteiger partial charge is 0.350 e. The lowest BCUT2D eigenvalue weighted by molar-refractivity contribution is 0.0948. The zero-order valence-electron chi connectivity index (χ0n) is 9.74. The Balaban J connectivity index is 2.67. The lowest BCUT2D eigenvalue weighted by Crippen LogP contribution is -2.25. The van der Waals surface area contributed by atoms with E-state index in [1.165, 1.54) is 18.0 Å². The topological polar surface area (TPSA) is 54.9 Å². The summed E-state index contributed by atoms with van der Waals surface area (Å²) < 4.78 is 0. The van der Waals surface area contributed by atoms with Gasteiger partial charge < -0.3 is 5.32 Å². The Morgan fingerprint density at radius 1 is 1.65 bits per heavy atom. The van der Waals surface area contributed by atoms with Gasteiger partial charge in [0.15, 0.2) is 10.9 Å². The molecule has 0 atom stereocenters. The smallest absolute Gasteiger partial charge is 0.271 e. The summed E-state index contributed by atoms with van der Waals surface area (Å²) >= 11 is 7.25. The number of amides is 1. The second kappa shape index (κ2) is 7.29. The van der Waals surface area contributed by atoms with Gasteiger partial charge in [0.1, 0.15) is 0 Å². The number of nitrogens with zero attached hydrogens (tertiary/aromatic N) is 2. The van der Waals surface area contributed by atoms with Crippen LogP contribution in [0.2, 0.25) is 5.02 Å². The van der Waals surface area contributed by atoms with E-state index in [2.05, 4.69) is 15.3 Å². The molecule has 17 heavy (non-hydrogen) atoms. The number of halogens is 1. The van der Waals surface area contributed by atoms with E-state index in [0.717, 1.165) is 6.42 Å². The fraction of sp³-hybridized carbons (Fsp3) is 0.364. The van der Waals surface area contributed by atoms with Gasteiger partial charge in [-0.2, -0.15) is 0 Å². The Bertz CT molecular complexity index is 423. The second-order valence-corrected chi connectivity index (χ2v) is 4.35. The molecule has 0 aliphatic carbocycles. The van der Waals surface area contributed by atoms with Crippen molar-refractivity contribution in [1.82, 2.24) is 15.3 Å². The molecule has 6 heteroatoms. The third-order valence-electron chi connectivity index (χ3n) is 1.95. The molecule has 0 aliphatic heterocycles. The van der Waals surface area contributed by atoms with Crippen molar-refractivity contribution in [3.05, 3.63) is 29.1 Å². The Hall–Kier alpha value is -1.07. The second-order valence-electron chi connectivity index (χ2n) is 3.17. The van der Waals surface area contributed by atoms with Crippen LogP contribution >= 0.6 is 23.4 Å². The van der Waals surface area contributed by atoms with E-state index in [0.29, 0.717) is 11.7 Å². The highest BCUT2D eigenvalue weighted by Gasteiger charge is 2.12. The van der Waals surface area contributed by atoms with Crippen molar-refractivity contribution in [2.75, 3.05) is 12.8 Å². The number of carbonyl (C=O) groups excluding carboxylic acids is 1. The van der Waals surface area contributed by atoms with Gasteiger partial charge in [-0.1, -0.05) is 35.5 Å². The van der Waals surface area contributed by atoms with Crippen LogP contribution < -0.4 is 5.32 Å². The lowest BCUT2D eigenvalue weighted by Gasteiger charge is -2.05. The van der Waals surface area contributed by atoms with E-state index in [1.807, 2.05) is 25.3 Å². The number of hydrogen-bond acceptors (Lipinski definition) is 4. The Morgan fingerprint density at radius 2 is 2.41 bits per heavy atom. The summed E-state index contributed by atoms with van der Waals surface area (Å²) in [4.78, 5) is 19.8. The molecule has 1 rings (SSSR count). The maximum absolute atomic E-state index is 11.8. The molecule has 1 N–H and O–H groups in total. The number of carbonyl (C=O) groups is 1.